The molecule has 3 atom stereocenters. The molecule has 1 fully saturated rings. The van der Waals surface area contributed by atoms with Crippen molar-refractivity contribution in [2.75, 3.05) is 19.6 Å². The van der Waals surface area contributed by atoms with Gasteiger partial charge in [0.25, 0.3) is 11.6 Å². The van der Waals surface area contributed by atoms with Crippen molar-refractivity contribution in [1.82, 2.24) is 10.2 Å². The van der Waals surface area contributed by atoms with Crippen LogP contribution in [0.3, 0.4) is 0 Å². The Kier molecular flexibility index (Phi) is 6.79. The van der Waals surface area contributed by atoms with E-state index in [1.807, 2.05) is 6.92 Å². The van der Waals surface area contributed by atoms with Gasteiger partial charge in [0.1, 0.15) is 0 Å². The van der Waals surface area contributed by atoms with Crippen LogP contribution in [-0.4, -0.2) is 49.8 Å². The van der Waals surface area contributed by atoms with E-state index in [1.54, 1.807) is 0 Å². The Labute approximate surface area is 165 Å². The third-order valence-electron chi connectivity index (χ3n) is 4.98. The first-order valence-corrected chi connectivity index (χ1v) is 10.8. The molecule has 1 aromatic rings. The fourth-order valence-corrected chi connectivity index (χ4v) is 4.50. The van der Waals surface area contributed by atoms with E-state index in [1.165, 1.54) is 13.3 Å². The lowest BCUT2D eigenvalue weighted by molar-refractivity contribution is -0.385. The third-order valence-corrected chi connectivity index (χ3v) is 5.87. The highest BCUT2D eigenvalue weighted by Crippen LogP contribution is 2.26. The topological polar surface area (TPSA) is 136 Å². The number of nitrogens with two attached hydrogens (primary N) is 1. The molecule has 0 radical (unpaired) electrons. The molecule has 9 nitrogen and oxygen atoms in total. The van der Waals surface area contributed by atoms with Crippen molar-refractivity contribution in [3.8, 4) is 0 Å². The number of nitrogens with one attached hydrogen (secondary N) is 1. The minimum atomic E-state index is -4.19. The molecule has 0 saturated carbocycles. The minimum Gasteiger partial charge on any atom is -0.348 e. The Morgan fingerprint density at radius 1 is 1.36 bits per heavy atom. The SMILES string of the molecule is Cc1c(C(=O)N[C@@H](C)CN2C[C@H](C)C[C@H](C)C2)cc(S(N)(=O)=O)cc1[N+](=O)[O-]. The highest BCUT2D eigenvalue weighted by atomic mass is 32.2. The molecular weight excluding hydrogens is 384 g/mol. The second kappa shape index (κ2) is 8.54. The number of nitro groups is 1. The number of hydrogen-bond acceptors (Lipinski definition) is 6. The standard InChI is InChI=1S/C18H28N4O5S/c1-11-5-12(2)9-21(8-11)10-13(3)20-18(23)16-6-15(28(19,26)27)7-17(14(16)4)22(24)25/h6-7,11-13H,5,8-10H2,1-4H3,(H,20,23)(H2,19,26,27)/t11-,12+,13-/m0/s1. The van der Waals surface area contributed by atoms with Gasteiger partial charge in [0.15, 0.2) is 0 Å². The average Bonchev–Trinajstić information content (AvgIpc) is 2.52. The number of nitro benzene ring substituents is 1. The van der Waals surface area contributed by atoms with Crippen LogP contribution in [0.2, 0.25) is 0 Å². The summed E-state index contributed by atoms with van der Waals surface area (Å²) in [5.74, 6) is 0.614. The summed E-state index contributed by atoms with van der Waals surface area (Å²) in [6, 6.07) is 1.76. The zero-order chi connectivity index (χ0) is 21.2. The van der Waals surface area contributed by atoms with Crippen molar-refractivity contribution >= 4 is 21.6 Å². The summed E-state index contributed by atoms with van der Waals surface area (Å²) in [6.45, 7) is 10.2. The largest absolute Gasteiger partial charge is 0.348 e. The van der Waals surface area contributed by atoms with Crippen LogP contribution in [0.4, 0.5) is 5.69 Å². The van der Waals surface area contributed by atoms with Gasteiger partial charge in [0.2, 0.25) is 10.0 Å². The van der Waals surface area contributed by atoms with E-state index in [-0.39, 0.29) is 17.2 Å². The molecule has 1 saturated heterocycles. The zero-order valence-electron chi connectivity index (χ0n) is 16.6. The molecule has 156 valence electrons. The van der Waals surface area contributed by atoms with E-state index < -0.39 is 31.4 Å². The molecule has 3 N–H and O–H groups in total. The minimum absolute atomic E-state index is 0.0644. The Hall–Kier alpha value is -2.04. The van der Waals surface area contributed by atoms with Gasteiger partial charge >= 0.3 is 0 Å². The Bertz CT molecular complexity index is 861. The van der Waals surface area contributed by atoms with Crippen molar-refractivity contribution in [1.29, 1.82) is 0 Å². The average molecular weight is 413 g/mol. The predicted molar refractivity (Wildman–Crippen MR) is 106 cm³/mol. The highest BCUT2D eigenvalue weighted by Gasteiger charge is 2.26. The van der Waals surface area contributed by atoms with Gasteiger partial charge in [-0.2, -0.15) is 0 Å². The van der Waals surface area contributed by atoms with Gasteiger partial charge in [-0.1, -0.05) is 13.8 Å². The first kappa shape index (κ1) is 22.3. The maximum atomic E-state index is 12.7. The molecule has 1 amide bonds. The molecule has 28 heavy (non-hydrogen) atoms. The fourth-order valence-electron chi connectivity index (χ4n) is 3.94. The van der Waals surface area contributed by atoms with E-state index in [2.05, 4.69) is 24.1 Å². The van der Waals surface area contributed by atoms with Crippen LogP contribution in [0.25, 0.3) is 0 Å². The van der Waals surface area contributed by atoms with Crippen molar-refractivity contribution in [3.63, 3.8) is 0 Å². The summed E-state index contributed by atoms with van der Waals surface area (Å²) in [6.07, 6.45) is 1.18. The molecule has 2 rings (SSSR count). The van der Waals surface area contributed by atoms with Crippen molar-refractivity contribution in [3.05, 3.63) is 33.4 Å². The van der Waals surface area contributed by atoms with Crippen LogP contribution in [0.5, 0.6) is 0 Å². The number of carbonyl (C=O) groups excluding carboxylic acids is 1. The lowest BCUT2D eigenvalue weighted by Crippen LogP contribution is -2.47. The second-order valence-electron chi connectivity index (χ2n) is 7.96. The van der Waals surface area contributed by atoms with Gasteiger partial charge in [-0.15, -0.1) is 0 Å². The van der Waals surface area contributed by atoms with E-state index in [4.69, 9.17) is 5.14 Å². The molecule has 1 aromatic carbocycles. The van der Waals surface area contributed by atoms with Crippen molar-refractivity contribution < 1.29 is 18.1 Å². The van der Waals surface area contributed by atoms with Crippen LogP contribution in [0.15, 0.2) is 17.0 Å². The normalized spacial score (nSPS) is 21.9. The number of nitrogens with zero attached hydrogens (tertiary/aromatic N) is 2. The van der Waals surface area contributed by atoms with Crippen molar-refractivity contribution in [2.24, 2.45) is 17.0 Å². The Balaban J connectivity index is 2.21. The summed E-state index contributed by atoms with van der Waals surface area (Å²) >= 11 is 0. The molecule has 0 bridgehead atoms. The third kappa shape index (κ3) is 5.49. The van der Waals surface area contributed by atoms with Gasteiger partial charge in [-0.05, 0) is 38.2 Å². The predicted octanol–water partition coefficient (Wildman–Crippen LogP) is 1.65. The second-order valence-corrected chi connectivity index (χ2v) is 9.52. The highest BCUT2D eigenvalue weighted by molar-refractivity contribution is 7.89. The van der Waals surface area contributed by atoms with Crippen LogP contribution in [0.1, 0.15) is 43.1 Å². The Morgan fingerprint density at radius 3 is 2.43 bits per heavy atom. The quantitative estimate of drug-likeness (QED) is 0.538. The first-order valence-electron chi connectivity index (χ1n) is 9.23. The summed E-state index contributed by atoms with van der Waals surface area (Å²) in [5.41, 5.74) is -0.421. The van der Waals surface area contributed by atoms with E-state index >= 15 is 0 Å². The molecule has 1 aliphatic rings. The van der Waals surface area contributed by atoms with Crippen LogP contribution >= 0.6 is 0 Å². The number of primary sulfonamides is 1. The molecule has 10 heteroatoms. The van der Waals surface area contributed by atoms with Gasteiger partial charge in [-0.25, -0.2) is 13.6 Å². The molecule has 1 aliphatic heterocycles. The first-order chi connectivity index (χ1) is 12.9. The van der Waals surface area contributed by atoms with Gasteiger partial charge in [0, 0.05) is 37.3 Å². The molecule has 0 unspecified atom stereocenters. The fraction of sp³-hybridized carbons (Fsp3) is 0.611. The maximum absolute atomic E-state index is 12.7. The van der Waals surface area contributed by atoms with Crippen LogP contribution in [-0.2, 0) is 10.0 Å². The number of benzene rings is 1. The number of rotatable bonds is 6. The number of sulfonamides is 1. The summed E-state index contributed by atoms with van der Waals surface area (Å²) in [4.78, 5) is 25.1. The monoisotopic (exact) mass is 412 g/mol. The maximum Gasteiger partial charge on any atom is 0.274 e. The lowest BCUT2D eigenvalue weighted by Gasteiger charge is -2.36. The van der Waals surface area contributed by atoms with E-state index in [9.17, 15) is 23.3 Å². The molecule has 0 spiro atoms. The number of carbonyl (C=O) groups is 1. The van der Waals surface area contributed by atoms with Gasteiger partial charge < -0.3 is 10.2 Å². The summed E-state index contributed by atoms with van der Waals surface area (Å²) in [7, 11) is -4.19. The number of likely N-dealkylation sites (tertiary alicyclic amines) is 1. The molecular formula is C18H28N4O5S. The summed E-state index contributed by atoms with van der Waals surface area (Å²) in [5, 5.41) is 19.2. The van der Waals surface area contributed by atoms with Crippen LogP contribution < -0.4 is 10.5 Å². The number of amides is 1. The molecule has 0 aliphatic carbocycles. The van der Waals surface area contributed by atoms with Gasteiger partial charge in [0.05, 0.1) is 15.4 Å². The Morgan fingerprint density at radius 2 is 1.93 bits per heavy atom. The number of hydrogen-bond donors (Lipinski definition) is 2. The van der Waals surface area contributed by atoms with E-state index in [0.717, 1.165) is 25.2 Å². The number of piperidine rings is 1. The zero-order valence-corrected chi connectivity index (χ0v) is 17.5. The van der Waals surface area contributed by atoms with Gasteiger partial charge in [-0.3, -0.25) is 14.9 Å². The molecule has 0 aromatic heterocycles. The van der Waals surface area contributed by atoms with Crippen LogP contribution in [0, 0.1) is 28.9 Å². The lowest BCUT2D eigenvalue weighted by atomic mass is 9.91. The van der Waals surface area contributed by atoms with E-state index in [0.29, 0.717) is 18.4 Å². The summed E-state index contributed by atoms with van der Waals surface area (Å²) < 4.78 is 23.3. The molecule has 1 heterocycles. The van der Waals surface area contributed by atoms with Crippen molar-refractivity contribution in [2.45, 2.75) is 45.1 Å². The smallest absolute Gasteiger partial charge is 0.274 e.